The Morgan fingerprint density at radius 1 is 1.16 bits per heavy atom. The molecule has 10 heteroatoms. The van der Waals surface area contributed by atoms with Crippen molar-refractivity contribution in [3.8, 4) is 11.5 Å². The third-order valence-electron chi connectivity index (χ3n) is 5.85. The summed E-state index contributed by atoms with van der Waals surface area (Å²) in [7, 11) is 1.66. The van der Waals surface area contributed by atoms with Gasteiger partial charge in [-0.1, -0.05) is 18.3 Å². The van der Waals surface area contributed by atoms with Gasteiger partial charge in [0.1, 0.15) is 10.3 Å². The highest BCUT2D eigenvalue weighted by atomic mass is 32.1. The highest BCUT2D eigenvalue weighted by Gasteiger charge is 2.21. The first kappa shape index (κ1) is 20.5. The third-order valence-corrected chi connectivity index (χ3v) is 6.35. The predicted molar refractivity (Wildman–Crippen MR) is 124 cm³/mol. The Labute approximate surface area is 188 Å². The SMILES string of the molecule is Cn1c(=O)[nH]c2cc(CN3CCN(c4ccc(-c5ncc[nH]5)nc4F)CC3)ccc2c1=S. The van der Waals surface area contributed by atoms with E-state index in [1.807, 2.05) is 23.1 Å². The number of piperazine rings is 1. The minimum Gasteiger partial charge on any atom is -0.365 e. The highest BCUT2D eigenvalue weighted by molar-refractivity contribution is 7.71. The minimum atomic E-state index is -0.487. The molecule has 1 saturated heterocycles. The first-order valence-corrected chi connectivity index (χ1v) is 10.8. The van der Waals surface area contributed by atoms with Gasteiger partial charge in [0.2, 0.25) is 5.95 Å². The number of aromatic amines is 2. The summed E-state index contributed by atoms with van der Waals surface area (Å²) in [5.41, 5.74) is 2.62. The standard InChI is InChI=1S/C22H22FN7OS/c1-28-21(32)15-3-2-14(12-17(15)27-22(28)31)13-29-8-10-30(11-9-29)18-5-4-16(26-19(18)23)20-24-6-7-25-20/h2-7,12H,8-11,13H2,1H3,(H,24,25)(H,27,31). The number of rotatable bonds is 4. The average molecular weight is 452 g/mol. The number of H-pyrrole nitrogens is 2. The normalized spacial score (nSPS) is 14.9. The van der Waals surface area contributed by atoms with E-state index in [0.717, 1.165) is 36.1 Å². The molecule has 4 aromatic rings. The van der Waals surface area contributed by atoms with E-state index in [4.69, 9.17) is 12.2 Å². The van der Waals surface area contributed by atoms with Gasteiger partial charge in [-0.25, -0.2) is 14.8 Å². The Morgan fingerprint density at radius 3 is 2.69 bits per heavy atom. The van der Waals surface area contributed by atoms with Crippen LogP contribution >= 0.6 is 12.2 Å². The maximum absolute atomic E-state index is 14.7. The summed E-state index contributed by atoms with van der Waals surface area (Å²) >= 11 is 5.37. The molecule has 1 aliphatic rings. The van der Waals surface area contributed by atoms with Crippen LogP contribution in [0.1, 0.15) is 5.56 Å². The van der Waals surface area contributed by atoms with E-state index >= 15 is 0 Å². The van der Waals surface area contributed by atoms with Gasteiger partial charge < -0.3 is 14.9 Å². The first-order chi connectivity index (χ1) is 15.5. The zero-order chi connectivity index (χ0) is 22.2. The van der Waals surface area contributed by atoms with Gasteiger partial charge in [-0.2, -0.15) is 4.39 Å². The van der Waals surface area contributed by atoms with Crippen LogP contribution in [0.5, 0.6) is 0 Å². The van der Waals surface area contributed by atoms with Gasteiger partial charge >= 0.3 is 5.69 Å². The van der Waals surface area contributed by atoms with E-state index in [-0.39, 0.29) is 5.69 Å². The monoisotopic (exact) mass is 451 g/mol. The minimum absolute atomic E-state index is 0.220. The summed E-state index contributed by atoms with van der Waals surface area (Å²) < 4.78 is 16.6. The summed E-state index contributed by atoms with van der Waals surface area (Å²) in [4.78, 5) is 30.4. The Bertz CT molecular complexity index is 1390. The van der Waals surface area contributed by atoms with Crippen LogP contribution in [0.15, 0.2) is 47.5 Å². The number of imidazole rings is 1. The molecule has 0 unspecified atom stereocenters. The summed E-state index contributed by atoms with van der Waals surface area (Å²) in [5.74, 6) is 0.0626. The van der Waals surface area contributed by atoms with Crippen LogP contribution in [0.3, 0.4) is 0 Å². The lowest BCUT2D eigenvalue weighted by molar-refractivity contribution is 0.249. The van der Waals surface area contributed by atoms with Crippen LogP contribution in [0.25, 0.3) is 22.4 Å². The van der Waals surface area contributed by atoms with Gasteiger partial charge in [0, 0.05) is 57.6 Å². The number of nitrogens with one attached hydrogen (secondary N) is 2. The lowest BCUT2D eigenvalue weighted by Gasteiger charge is -2.36. The van der Waals surface area contributed by atoms with Gasteiger partial charge in [0.05, 0.1) is 11.2 Å². The summed E-state index contributed by atoms with van der Waals surface area (Å²) in [6.07, 6.45) is 3.30. The van der Waals surface area contributed by atoms with E-state index in [9.17, 15) is 9.18 Å². The lowest BCUT2D eigenvalue weighted by atomic mass is 10.1. The number of nitrogens with zero attached hydrogens (tertiary/aromatic N) is 5. The molecule has 0 bridgehead atoms. The first-order valence-electron chi connectivity index (χ1n) is 10.3. The number of benzene rings is 1. The van der Waals surface area contributed by atoms with Crippen LogP contribution in [0, 0.1) is 10.6 Å². The maximum Gasteiger partial charge on any atom is 0.326 e. The van der Waals surface area contributed by atoms with Crippen molar-refractivity contribution < 1.29 is 4.39 Å². The molecule has 1 aromatic carbocycles. The molecular formula is C22H22FN7OS. The Balaban J connectivity index is 1.27. The summed E-state index contributed by atoms with van der Waals surface area (Å²) in [6.45, 7) is 3.75. The van der Waals surface area contributed by atoms with Crippen LogP contribution < -0.4 is 10.6 Å². The van der Waals surface area contributed by atoms with Crippen LogP contribution in [-0.2, 0) is 13.6 Å². The Hall–Kier alpha value is -3.37. The quantitative estimate of drug-likeness (QED) is 0.367. The number of hydrogen-bond donors (Lipinski definition) is 2. The number of fused-ring (bicyclic) bond motifs is 1. The zero-order valence-electron chi connectivity index (χ0n) is 17.5. The third kappa shape index (κ3) is 3.82. The van der Waals surface area contributed by atoms with Crippen molar-refractivity contribution in [3.63, 3.8) is 0 Å². The second-order valence-electron chi connectivity index (χ2n) is 7.88. The largest absolute Gasteiger partial charge is 0.365 e. The van der Waals surface area contributed by atoms with Crippen molar-refractivity contribution in [2.75, 3.05) is 31.1 Å². The fourth-order valence-corrected chi connectivity index (χ4v) is 4.32. The molecule has 2 N–H and O–H groups in total. The molecule has 32 heavy (non-hydrogen) atoms. The van der Waals surface area contributed by atoms with Crippen LogP contribution in [0.4, 0.5) is 10.1 Å². The molecule has 164 valence electrons. The van der Waals surface area contributed by atoms with Crippen molar-refractivity contribution in [1.82, 2.24) is 29.4 Å². The highest BCUT2D eigenvalue weighted by Crippen LogP contribution is 2.23. The number of aromatic nitrogens is 5. The molecule has 0 saturated carbocycles. The molecule has 0 aliphatic carbocycles. The van der Waals surface area contributed by atoms with Gasteiger partial charge in [0.25, 0.3) is 0 Å². The molecule has 3 aromatic heterocycles. The molecule has 1 aliphatic heterocycles. The van der Waals surface area contributed by atoms with Gasteiger partial charge in [-0.3, -0.25) is 9.47 Å². The van der Waals surface area contributed by atoms with Crippen molar-refractivity contribution in [2.45, 2.75) is 6.54 Å². The summed E-state index contributed by atoms with van der Waals surface area (Å²) in [6, 6.07) is 9.53. The molecule has 0 atom stereocenters. The molecular weight excluding hydrogens is 429 g/mol. The number of hydrogen-bond acceptors (Lipinski definition) is 6. The molecule has 4 heterocycles. The smallest absolute Gasteiger partial charge is 0.326 e. The molecule has 8 nitrogen and oxygen atoms in total. The van der Waals surface area contributed by atoms with Crippen LogP contribution in [-0.4, -0.2) is 55.6 Å². The van der Waals surface area contributed by atoms with Crippen molar-refractivity contribution in [2.24, 2.45) is 7.05 Å². The molecule has 0 radical (unpaired) electrons. The van der Waals surface area contributed by atoms with Crippen molar-refractivity contribution >= 4 is 28.8 Å². The number of halogens is 1. The van der Waals surface area contributed by atoms with E-state index < -0.39 is 5.95 Å². The average Bonchev–Trinajstić information content (AvgIpc) is 3.33. The van der Waals surface area contributed by atoms with Gasteiger partial charge in [0.15, 0.2) is 5.82 Å². The predicted octanol–water partition coefficient (Wildman–Crippen LogP) is 2.84. The topological polar surface area (TPSA) is 85.8 Å². The maximum atomic E-state index is 14.7. The second-order valence-corrected chi connectivity index (χ2v) is 8.27. The zero-order valence-corrected chi connectivity index (χ0v) is 18.3. The fourth-order valence-electron chi connectivity index (χ4n) is 4.06. The molecule has 1 fully saturated rings. The van der Waals surface area contributed by atoms with Gasteiger partial charge in [-0.05, 0) is 29.8 Å². The Kier molecular flexibility index (Phi) is 5.32. The van der Waals surface area contributed by atoms with Crippen molar-refractivity contribution in [3.05, 3.63) is 69.4 Å². The van der Waals surface area contributed by atoms with Gasteiger partial charge in [-0.15, -0.1) is 0 Å². The molecule has 0 amide bonds. The van der Waals surface area contributed by atoms with E-state index in [1.165, 1.54) is 4.57 Å². The molecule has 0 spiro atoms. The lowest BCUT2D eigenvalue weighted by Crippen LogP contribution is -2.46. The number of anilines is 1. The summed E-state index contributed by atoms with van der Waals surface area (Å²) in [5, 5.41) is 0.858. The number of pyridine rings is 1. The second kappa shape index (κ2) is 8.29. The van der Waals surface area contributed by atoms with E-state index in [0.29, 0.717) is 34.9 Å². The fraction of sp³-hybridized carbons (Fsp3) is 0.273. The van der Waals surface area contributed by atoms with Crippen LogP contribution in [0.2, 0.25) is 0 Å². The molecule has 5 rings (SSSR count). The van der Waals surface area contributed by atoms with Crippen molar-refractivity contribution in [1.29, 1.82) is 0 Å². The van der Waals surface area contributed by atoms with E-state index in [2.05, 4.69) is 24.8 Å². The van der Waals surface area contributed by atoms with E-state index in [1.54, 1.807) is 31.6 Å². The Morgan fingerprint density at radius 2 is 1.97 bits per heavy atom.